The number of nitrogens with one attached hydrogen (secondary N) is 2. The molecule has 0 aromatic heterocycles. The van der Waals surface area contributed by atoms with Crippen molar-refractivity contribution in [2.24, 2.45) is 0 Å². The summed E-state index contributed by atoms with van der Waals surface area (Å²) in [6, 6.07) is 5.48. The molecular formula is C14H20N2O3. The zero-order chi connectivity index (χ0) is 13.8. The molecule has 5 nitrogen and oxygen atoms in total. The molecule has 19 heavy (non-hydrogen) atoms. The fraction of sp³-hybridized carbons (Fsp3) is 0.500. The van der Waals surface area contributed by atoms with E-state index in [1.807, 2.05) is 25.1 Å². The van der Waals surface area contributed by atoms with Crippen molar-refractivity contribution in [1.29, 1.82) is 0 Å². The smallest absolute Gasteiger partial charge is 0.241 e. The number of aryl methyl sites for hydroxylation is 1. The average molecular weight is 264 g/mol. The molecule has 5 heteroatoms. The standard InChI is InChI=1S/C14H20N2O3/c1-9-4-5-11(13(6-9)19-3)16-14(17)12-7-10(18-2)8-15-12/h4-6,10,12,15H,7-8H2,1-3H3,(H,16,17). The second kappa shape index (κ2) is 6.04. The third-order valence-corrected chi connectivity index (χ3v) is 3.36. The van der Waals surface area contributed by atoms with Gasteiger partial charge < -0.3 is 20.1 Å². The van der Waals surface area contributed by atoms with E-state index in [1.54, 1.807) is 14.2 Å². The summed E-state index contributed by atoms with van der Waals surface area (Å²) in [7, 11) is 3.26. The lowest BCUT2D eigenvalue weighted by atomic mass is 10.1. The lowest BCUT2D eigenvalue weighted by molar-refractivity contribution is -0.118. The van der Waals surface area contributed by atoms with Crippen LogP contribution < -0.4 is 15.4 Å². The Bertz CT molecular complexity index is 462. The highest BCUT2D eigenvalue weighted by molar-refractivity contribution is 5.96. The van der Waals surface area contributed by atoms with E-state index in [1.165, 1.54) is 0 Å². The van der Waals surface area contributed by atoms with Crippen molar-refractivity contribution in [3.05, 3.63) is 23.8 Å². The molecule has 2 unspecified atom stereocenters. The molecule has 1 fully saturated rings. The van der Waals surface area contributed by atoms with Crippen molar-refractivity contribution in [2.75, 3.05) is 26.1 Å². The molecule has 2 N–H and O–H groups in total. The van der Waals surface area contributed by atoms with Gasteiger partial charge in [0.2, 0.25) is 5.91 Å². The summed E-state index contributed by atoms with van der Waals surface area (Å²) >= 11 is 0. The van der Waals surface area contributed by atoms with E-state index >= 15 is 0 Å². The van der Waals surface area contributed by atoms with Gasteiger partial charge in [0.05, 0.1) is 24.9 Å². The molecule has 1 aliphatic heterocycles. The Kier molecular flexibility index (Phi) is 4.39. The molecular weight excluding hydrogens is 244 g/mol. The summed E-state index contributed by atoms with van der Waals surface area (Å²) in [6.07, 6.45) is 0.798. The molecule has 0 aliphatic carbocycles. The zero-order valence-electron chi connectivity index (χ0n) is 11.5. The third-order valence-electron chi connectivity index (χ3n) is 3.36. The van der Waals surface area contributed by atoms with Gasteiger partial charge in [-0.25, -0.2) is 0 Å². The highest BCUT2D eigenvalue weighted by atomic mass is 16.5. The van der Waals surface area contributed by atoms with Crippen LogP contribution in [0.4, 0.5) is 5.69 Å². The van der Waals surface area contributed by atoms with Gasteiger partial charge in [-0.2, -0.15) is 0 Å². The van der Waals surface area contributed by atoms with Crippen LogP contribution in [0, 0.1) is 6.92 Å². The normalized spacial score (nSPS) is 22.3. The minimum Gasteiger partial charge on any atom is -0.495 e. The highest BCUT2D eigenvalue weighted by Gasteiger charge is 2.29. The van der Waals surface area contributed by atoms with Crippen molar-refractivity contribution in [3.63, 3.8) is 0 Å². The van der Waals surface area contributed by atoms with Crippen LogP contribution >= 0.6 is 0 Å². The van der Waals surface area contributed by atoms with Gasteiger partial charge in [-0.15, -0.1) is 0 Å². The number of benzene rings is 1. The van der Waals surface area contributed by atoms with Crippen LogP contribution in [0.5, 0.6) is 5.75 Å². The molecule has 1 saturated heterocycles. The fourth-order valence-electron chi connectivity index (χ4n) is 2.20. The number of ether oxygens (including phenoxy) is 2. The van der Waals surface area contributed by atoms with Crippen LogP contribution in [0.1, 0.15) is 12.0 Å². The van der Waals surface area contributed by atoms with E-state index in [0.29, 0.717) is 24.4 Å². The molecule has 2 atom stereocenters. The van der Waals surface area contributed by atoms with Crippen molar-refractivity contribution < 1.29 is 14.3 Å². The van der Waals surface area contributed by atoms with Gasteiger partial charge in [-0.05, 0) is 31.0 Å². The summed E-state index contributed by atoms with van der Waals surface area (Å²) in [6.45, 7) is 2.69. The van der Waals surface area contributed by atoms with Gasteiger partial charge in [0.15, 0.2) is 0 Å². The molecule has 0 radical (unpaired) electrons. The Labute approximate surface area is 113 Å². The van der Waals surface area contributed by atoms with Crippen LogP contribution in [0.15, 0.2) is 18.2 Å². The summed E-state index contributed by atoms with van der Waals surface area (Å²) in [5.41, 5.74) is 1.79. The van der Waals surface area contributed by atoms with Crippen LogP contribution in [0.2, 0.25) is 0 Å². The first-order valence-electron chi connectivity index (χ1n) is 6.35. The molecule has 0 saturated carbocycles. The van der Waals surface area contributed by atoms with Gasteiger partial charge in [0.25, 0.3) is 0 Å². The first-order valence-corrected chi connectivity index (χ1v) is 6.35. The molecule has 1 aromatic rings. The van der Waals surface area contributed by atoms with Crippen LogP contribution in [0.25, 0.3) is 0 Å². The minimum absolute atomic E-state index is 0.0540. The van der Waals surface area contributed by atoms with E-state index in [0.717, 1.165) is 5.56 Å². The molecule has 0 bridgehead atoms. The summed E-state index contributed by atoms with van der Waals surface area (Å²) in [5.74, 6) is 0.622. The fourth-order valence-corrected chi connectivity index (χ4v) is 2.20. The number of carbonyl (C=O) groups excluding carboxylic acids is 1. The second-order valence-corrected chi connectivity index (χ2v) is 4.75. The van der Waals surface area contributed by atoms with Crippen LogP contribution in [0.3, 0.4) is 0 Å². The summed E-state index contributed by atoms with van der Waals surface area (Å²) < 4.78 is 10.5. The van der Waals surface area contributed by atoms with Gasteiger partial charge >= 0.3 is 0 Å². The van der Waals surface area contributed by atoms with Gasteiger partial charge in [0, 0.05) is 13.7 Å². The maximum absolute atomic E-state index is 12.1. The number of hydrogen-bond donors (Lipinski definition) is 2. The van der Waals surface area contributed by atoms with Gasteiger partial charge in [0.1, 0.15) is 5.75 Å². The highest BCUT2D eigenvalue weighted by Crippen LogP contribution is 2.25. The maximum atomic E-state index is 12.1. The number of rotatable bonds is 4. The Morgan fingerprint density at radius 2 is 2.21 bits per heavy atom. The quantitative estimate of drug-likeness (QED) is 0.861. The molecule has 1 aliphatic rings. The van der Waals surface area contributed by atoms with Crippen molar-refractivity contribution in [2.45, 2.75) is 25.5 Å². The number of hydrogen-bond acceptors (Lipinski definition) is 4. The minimum atomic E-state index is -0.212. The summed E-state index contributed by atoms with van der Waals surface area (Å²) in [4.78, 5) is 12.1. The summed E-state index contributed by atoms with van der Waals surface area (Å²) in [5, 5.41) is 6.04. The lowest BCUT2D eigenvalue weighted by Gasteiger charge is -2.14. The molecule has 1 heterocycles. The van der Waals surface area contributed by atoms with E-state index in [9.17, 15) is 4.79 Å². The monoisotopic (exact) mass is 264 g/mol. The largest absolute Gasteiger partial charge is 0.495 e. The van der Waals surface area contributed by atoms with E-state index < -0.39 is 0 Å². The second-order valence-electron chi connectivity index (χ2n) is 4.75. The Morgan fingerprint density at radius 1 is 1.42 bits per heavy atom. The van der Waals surface area contributed by atoms with E-state index in [4.69, 9.17) is 9.47 Å². The Balaban J connectivity index is 2.03. The van der Waals surface area contributed by atoms with E-state index in [2.05, 4.69) is 10.6 Å². The predicted octanol–water partition coefficient (Wildman–Crippen LogP) is 1.32. The lowest BCUT2D eigenvalue weighted by Crippen LogP contribution is -2.35. The molecule has 2 rings (SSSR count). The van der Waals surface area contributed by atoms with Crippen molar-refractivity contribution >= 4 is 11.6 Å². The first kappa shape index (κ1) is 13.8. The topological polar surface area (TPSA) is 59.6 Å². The predicted molar refractivity (Wildman–Crippen MR) is 73.6 cm³/mol. The van der Waals surface area contributed by atoms with Crippen molar-refractivity contribution in [3.8, 4) is 5.75 Å². The SMILES string of the molecule is COc1cc(C)ccc1NC(=O)C1CC(OC)CN1. The average Bonchev–Trinajstić information content (AvgIpc) is 2.89. The Hall–Kier alpha value is -1.59. The molecule has 0 spiro atoms. The van der Waals surface area contributed by atoms with Crippen molar-refractivity contribution in [1.82, 2.24) is 5.32 Å². The number of amides is 1. The number of anilines is 1. The third kappa shape index (κ3) is 3.24. The van der Waals surface area contributed by atoms with E-state index in [-0.39, 0.29) is 18.1 Å². The molecule has 1 amide bonds. The van der Waals surface area contributed by atoms with Crippen LogP contribution in [-0.4, -0.2) is 38.8 Å². The number of carbonyl (C=O) groups is 1. The Morgan fingerprint density at radius 3 is 2.84 bits per heavy atom. The molecule has 104 valence electrons. The zero-order valence-corrected chi connectivity index (χ0v) is 11.5. The molecule has 1 aromatic carbocycles. The maximum Gasteiger partial charge on any atom is 0.241 e. The van der Waals surface area contributed by atoms with Gasteiger partial charge in [-0.3, -0.25) is 4.79 Å². The van der Waals surface area contributed by atoms with Crippen LogP contribution in [-0.2, 0) is 9.53 Å². The number of methoxy groups -OCH3 is 2. The van der Waals surface area contributed by atoms with Gasteiger partial charge in [-0.1, -0.05) is 6.07 Å². The first-order chi connectivity index (χ1) is 9.13.